The van der Waals surface area contributed by atoms with E-state index in [4.69, 9.17) is 9.72 Å². The van der Waals surface area contributed by atoms with E-state index in [2.05, 4.69) is 167 Å². The number of aryl methyl sites for hydroxylation is 1. The molecule has 6 aromatic rings. The van der Waals surface area contributed by atoms with Gasteiger partial charge in [-0.2, -0.15) is 0 Å². The van der Waals surface area contributed by atoms with Gasteiger partial charge in [0.05, 0.1) is 17.7 Å². The Morgan fingerprint density at radius 2 is 1.43 bits per heavy atom. The molecule has 5 heteroatoms. The number of allylic oxidation sites excluding steroid dienone is 1. The minimum absolute atomic E-state index is 0.0177. The number of fused-ring (bicyclic) bond motifs is 3. The van der Waals surface area contributed by atoms with Crippen LogP contribution in [-0.2, 0) is 5.41 Å². The average Bonchev–Trinajstić information content (AvgIpc) is 3.63. The van der Waals surface area contributed by atoms with Crippen LogP contribution in [0.5, 0.6) is 11.5 Å². The average molecular weight is 621 g/mol. The third-order valence-electron chi connectivity index (χ3n) is 9.37. The second-order valence-corrected chi connectivity index (χ2v) is 14.8. The predicted molar refractivity (Wildman–Crippen MR) is 197 cm³/mol. The first-order valence-corrected chi connectivity index (χ1v) is 16.5. The van der Waals surface area contributed by atoms with Crippen LogP contribution in [0.2, 0.25) is 0 Å². The largest absolute Gasteiger partial charge is 0.457 e. The van der Waals surface area contributed by atoms with Gasteiger partial charge in [-0.15, -0.1) is 0 Å². The van der Waals surface area contributed by atoms with Gasteiger partial charge in [-0.1, -0.05) is 77.9 Å². The molecular formula is C42H44N4O. The minimum Gasteiger partial charge on any atom is -0.457 e. The lowest BCUT2D eigenvalue weighted by atomic mass is 9.88. The Hall–Kier alpha value is -5.03. The smallest absolute Gasteiger partial charge is 0.137 e. The van der Waals surface area contributed by atoms with Gasteiger partial charge >= 0.3 is 0 Å². The van der Waals surface area contributed by atoms with Gasteiger partial charge in [-0.3, -0.25) is 4.57 Å². The molecule has 3 heterocycles. The summed E-state index contributed by atoms with van der Waals surface area (Å²) in [6.45, 7) is 18.7. The molecule has 0 radical (unpaired) electrons. The zero-order chi connectivity index (χ0) is 33.1. The van der Waals surface area contributed by atoms with Crippen LogP contribution in [0, 0.1) is 19.3 Å². The molecule has 0 saturated heterocycles. The molecule has 1 aliphatic rings. The van der Waals surface area contributed by atoms with Crippen LogP contribution < -0.4 is 14.5 Å². The number of anilines is 2. The molecule has 0 N–H and O–H groups in total. The summed E-state index contributed by atoms with van der Waals surface area (Å²) in [6.07, 6.45) is 4.21. The topological polar surface area (TPSA) is 33.5 Å². The molecule has 0 aliphatic carbocycles. The molecule has 1 aliphatic heterocycles. The Kier molecular flexibility index (Phi) is 7.39. The normalized spacial score (nSPS) is 13.9. The second kappa shape index (κ2) is 11.3. The number of aromatic nitrogens is 2. The standard InChI is InChI=1S/C42H44N4O/c1-28-13-11-18-36(29(28)2)45-27-44(26-39(45)42(6,7)8)31-14-12-15-32(24-31)47-33-19-20-35-34-16-9-10-17-37(34)46(38(35)25-33)40-23-30(21-22-43-40)41(3,4)5/h9-26H,27H2,1-8H3. The monoisotopic (exact) mass is 620 g/mol. The van der Waals surface area contributed by atoms with Crippen molar-refractivity contribution in [1.82, 2.24) is 9.55 Å². The van der Waals surface area contributed by atoms with Crippen molar-refractivity contribution in [1.29, 1.82) is 0 Å². The highest BCUT2D eigenvalue weighted by Gasteiger charge is 2.32. The lowest BCUT2D eigenvalue weighted by Crippen LogP contribution is -2.31. The third-order valence-corrected chi connectivity index (χ3v) is 9.37. The molecule has 0 saturated carbocycles. The molecule has 0 spiro atoms. The maximum absolute atomic E-state index is 6.60. The second-order valence-electron chi connectivity index (χ2n) is 14.8. The fourth-order valence-corrected chi connectivity index (χ4v) is 6.60. The van der Waals surface area contributed by atoms with Gasteiger partial charge in [-0.25, -0.2) is 4.98 Å². The zero-order valence-corrected chi connectivity index (χ0v) is 28.8. The van der Waals surface area contributed by atoms with Crippen molar-refractivity contribution in [3.63, 3.8) is 0 Å². The van der Waals surface area contributed by atoms with E-state index in [1.165, 1.54) is 38.8 Å². The van der Waals surface area contributed by atoms with Crippen LogP contribution in [0.15, 0.2) is 115 Å². The number of para-hydroxylation sites is 1. The fraction of sp³-hybridized carbons (Fsp3) is 0.262. The first kappa shape index (κ1) is 30.6. The fourth-order valence-electron chi connectivity index (χ4n) is 6.60. The highest BCUT2D eigenvalue weighted by molar-refractivity contribution is 6.09. The van der Waals surface area contributed by atoms with Gasteiger partial charge in [0.15, 0.2) is 0 Å². The number of benzene rings is 4. The van der Waals surface area contributed by atoms with Crippen LogP contribution in [-0.4, -0.2) is 16.2 Å². The summed E-state index contributed by atoms with van der Waals surface area (Å²) in [4.78, 5) is 9.61. The Balaban J connectivity index is 1.24. The summed E-state index contributed by atoms with van der Waals surface area (Å²) in [7, 11) is 0. The molecule has 238 valence electrons. The van der Waals surface area contributed by atoms with E-state index < -0.39 is 0 Å². The molecule has 7 rings (SSSR count). The number of rotatable bonds is 5. The molecular weight excluding hydrogens is 576 g/mol. The van der Waals surface area contributed by atoms with E-state index >= 15 is 0 Å². The third kappa shape index (κ3) is 5.65. The van der Waals surface area contributed by atoms with Crippen LogP contribution in [0.1, 0.15) is 58.2 Å². The van der Waals surface area contributed by atoms with Gasteiger partial charge < -0.3 is 14.5 Å². The molecule has 4 aromatic carbocycles. The van der Waals surface area contributed by atoms with Crippen LogP contribution in [0.25, 0.3) is 27.6 Å². The van der Waals surface area contributed by atoms with Crippen LogP contribution in [0.3, 0.4) is 0 Å². The maximum Gasteiger partial charge on any atom is 0.137 e. The molecule has 0 unspecified atom stereocenters. The van der Waals surface area contributed by atoms with Gasteiger partial charge in [0.2, 0.25) is 0 Å². The summed E-state index contributed by atoms with van der Waals surface area (Å²) in [5.74, 6) is 2.50. The Morgan fingerprint density at radius 1 is 0.681 bits per heavy atom. The lowest BCUT2D eigenvalue weighted by molar-refractivity contribution is 0.483. The van der Waals surface area contributed by atoms with Crippen molar-refractivity contribution in [2.24, 2.45) is 5.41 Å². The van der Waals surface area contributed by atoms with E-state index in [1.807, 2.05) is 12.3 Å². The molecule has 0 fully saturated rings. The zero-order valence-electron chi connectivity index (χ0n) is 28.8. The SMILES string of the molecule is Cc1cccc(N2CN(c3cccc(Oc4ccc5c6ccccc6n(-c6cc(C(C)(C)C)ccn6)c5c4)c3)C=C2C(C)(C)C)c1C. The van der Waals surface area contributed by atoms with E-state index in [0.717, 1.165) is 40.7 Å². The predicted octanol–water partition coefficient (Wildman–Crippen LogP) is 11.1. The van der Waals surface area contributed by atoms with Crippen LogP contribution in [0.4, 0.5) is 11.4 Å². The molecule has 0 amide bonds. The first-order chi connectivity index (χ1) is 22.4. The Morgan fingerprint density at radius 3 is 2.21 bits per heavy atom. The van der Waals surface area contributed by atoms with Gasteiger partial charge in [0, 0.05) is 57.8 Å². The van der Waals surface area contributed by atoms with Crippen molar-refractivity contribution >= 4 is 33.2 Å². The maximum atomic E-state index is 6.60. The summed E-state index contributed by atoms with van der Waals surface area (Å²) < 4.78 is 8.86. The lowest BCUT2D eigenvalue weighted by Gasteiger charge is -2.32. The number of ether oxygens (including phenoxy) is 1. The number of hydrogen-bond donors (Lipinski definition) is 0. The van der Waals surface area contributed by atoms with E-state index in [9.17, 15) is 0 Å². The molecule has 0 bridgehead atoms. The highest BCUT2D eigenvalue weighted by Crippen LogP contribution is 2.41. The summed E-state index contributed by atoms with van der Waals surface area (Å²) in [5, 5.41) is 2.37. The van der Waals surface area contributed by atoms with Crippen molar-refractivity contribution < 1.29 is 4.74 Å². The van der Waals surface area contributed by atoms with E-state index in [0.29, 0.717) is 0 Å². The number of hydrogen-bond acceptors (Lipinski definition) is 4. The van der Waals surface area contributed by atoms with Crippen LogP contribution >= 0.6 is 0 Å². The quantitative estimate of drug-likeness (QED) is 0.192. The highest BCUT2D eigenvalue weighted by atomic mass is 16.5. The van der Waals surface area contributed by atoms with Crippen molar-refractivity contribution in [3.8, 4) is 17.3 Å². The number of pyridine rings is 1. The van der Waals surface area contributed by atoms with E-state index in [-0.39, 0.29) is 10.8 Å². The first-order valence-electron chi connectivity index (χ1n) is 16.5. The molecule has 5 nitrogen and oxygen atoms in total. The number of nitrogens with zero attached hydrogens (tertiary/aromatic N) is 4. The van der Waals surface area contributed by atoms with Gasteiger partial charge in [-0.05, 0) is 84.5 Å². The van der Waals surface area contributed by atoms with Crippen molar-refractivity contribution in [2.75, 3.05) is 16.5 Å². The minimum atomic E-state index is -0.0197. The summed E-state index contributed by atoms with van der Waals surface area (Å²) in [6, 6.07) is 34.2. The van der Waals surface area contributed by atoms with Crippen molar-refractivity contribution in [3.05, 3.63) is 132 Å². The molecule has 0 atom stereocenters. The Labute approximate surface area is 278 Å². The summed E-state index contributed by atoms with van der Waals surface area (Å²) >= 11 is 0. The van der Waals surface area contributed by atoms with Gasteiger partial charge in [0.25, 0.3) is 0 Å². The van der Waals surface area contributed by atoms with E-state index in [1.54, 1.807) is 0 Å². The summed E-state index contributed by atoms with van der Waals surface area (Å²) in [5.41, 5.74) is 9.71. The molecule has 47 heavy (non-hydrogen) atoms. The van der Waals surface area contributed by atoms with Crippen molar-refractivity contribution in [2.45, 2.75) is 60.8 Å². The Bertz CT molecular complexity index is 2160. The van der Waals surface area contributed by atoms with Gasteiger partial charge in [0.1, 0.15) is 17.3 Å². The molecule has 2 aromatic heterocycles.